The van der Waals surface area contributed by atoms with E-state index in [2.05, 4.69) is 86.3 Å². The number of benzene rings is 2. The molecule has 1 fully saturated rings. The van der Waals surface area contributed by atoms with E-state index in [4.69, 9.17) is 0 Å². The summed E-state index contributed by atoms with van der Waals surface area (Å²) in [4.78, 5) is 0. The Balaban J connectivity index is 0.000000415. The van der Waals surface area contributed by atoms with Gasteiger partial charge >= 0.3 is 131 Å². The Bertz CT molecular complexity index is 729. The third-order valence-electron chi connectivity index (χ3n) is 4.97. The second-order valence-electron chi connectivity index (χ2n) is 8.11. The van der Waals surface area contributed by atoms with E-state index in [0.717, 1.165) is 0 Å². The topological polar surface area (TPSA) is 12.0 Å². The van der Waals surface area contributed by atoms with Crippen molar-refractivity contribution in [2.24, 2.45) is 0 Å². The molecule has 0 aromatic heterocycles. The van der Waals surface area contributed by atoms with Crippen LogP contribution >= 0.6 is 0 Å². The van der Waals surface area contributed by atoms with Crippen LogP contribution in [0.1, 0.15) is 36.1 Å². The van der Waals surface area contributed by atoms with Crippen molar-refractivity contribution >= 4 is 0 Å². The molecule has 2 aromatic rings. The van der Waals surface area contributed by atoms with Crippen molar-refractivity contribution in [2.75, 3.05) is 0 Å². The van der Waals surface area contributed by atoms with Gasteiger partial charge in [-0.15, -0.1) is 0 Å². The molecule has 0 unspecified atom stereocenters. The van der Waals surface area contributed by atoms with Crippen LogP contribution < -0.4 is 3.80 Å². The normalized spacial score (nSPS) is 16.9. The summed E-state index contributed by atoms with van der Waals surface area (Å²) in [6, 6.07) is 18.2. The molecule has 1 N–H and O–H groups in total. The molecule has 1 nitrogen and oxygen atoms in total. The number of hydrogen-bond acceptors (Lipinski definition) is 1. The van der Waals surface area contributed by atoms with Crippen LogP contribution in [0.4, 0.5) is 0 Å². The van der Waals surface area contributed by atoms with Gasteiger partial charge in [-0.25, -0.2) is 0 Å². The standard InChI is InChI=1S/C13H9.C4H10N.C4H6.C2H4.Ti/c1-3-7-12-10(5-1)9-11-6-2-4-8-13(11)12;1-4(2,3)5;1-3-4-2;1-2;/h1-9H;5H,1-3H3;3-4H,1-2H2;1-2H2;/q;-1;;;+1. The molecule has 1 aliphatic carbocycles. The molecular weight excluding hydrogens is 338 g/mol. The van der Waals surface area contributed by atoms with E-state index in [0.29, 0.717) is 4.22 Å². The molecule has 0 radical (unpaired) electrons. The Morgan fingerprint density at radius 3 is 1.68 bits per heavy atom. The third kappa shape index (κ3) is 3.74. The summed E-state index contributed by atoms with van der Waals surface area (Å²) in [5.41, 5.74) is 6.38. The van der Waals surface area contributed by atoms with Gasteiger partial charge in [-0.1, -0.05) is 25.3 Å². The summed E-state index contributed by atoms with van der Waals surface area (Å²) < 4.78 is 7.73. The minimum absolute atomic E-state index is 0.239. The number of allylic oxidation sites excluding steroid dienone is 2. The van der Waals surface area contributed by atoms with Crippen LogP contribution in [-0.2, 0) is 16.8 Å². The van der Waals surface area contributed by atoms with Crippen molar-refractivity contribution < 1.29 is 16.8 Å². The SMILES string of the molecule is C=CC=C.CC(C)(C)[NH][Ti]1([CH]2c3ccccc3-c3ccccc32)[CH2][CH2]1. The summed E-state index contributed by atoms with van der Waals surface area (Å²) in [7, 11) is 0. The third-order valence-corrected chi connectivity index (χ3v) is 12.1. The number of fused-ring (bicyclic) bond motifs is 3. The summed E-state index contributed by atoms with van der Waals surface area (Å²) in [6.45, 7) is 13.7. The molecule has 1 saturated heterocycles. The molecule has 1 aliphatic heterocycles. The number of nitrogens with one attached hydrogen (secondary N) is 1. The first-order valence-electron chi connectivity index (χ1n) is 9.13. The van der Waals surface area contributed by atoms with Gasteiger partial charge < -0.3 is 0 Å². The summed E-state index contributed by atoms with van der Waals surface area (Å²) in [5.74, 6) is 0. The van der Waals surface area contributed by atoms with E-state index in [-0.39, 0.29) is 5.54 Å². The molecule has 0 amide bonds. The zero-order chi connectivity index (χ0) is 18.1. The predicted molar refractivity (Wildman–Crippen MR) is 107 cm³/mol. The molecule has 0 bridgehead atoms. The average molecular weight is 367 g/mol. The van der Waals surface area contributed by atoms with Gasteiger partial charge in [0, 0.05) is 0 Å². The van der Waals surface area contributed by atoms with Gasteiger partial charge in [0.15, 0.2) is 0 Å². The van der Waals surface area contributed by atoms with Gasteiger partial charge in [0.25, 0.3) is 0 Å². The van der Waals surface area contributed by atoms with E-state index < -0.39 is 16.8 Å². The van der Waals surface area contributed by atoms with Crippen molar-refractivity contribution in [3.8, 4) is 11.1 Å². The molecule has 130 valence electrons. The van der Waals surface area contributed by atoms with Gasteiger partial charge in [-0.2, -0.15) is 0 Å². The monoisotopic (exact) mass is 367 g/mol. The van der Waals surface area contributed by atoms with Crippen LogP contribution in [0.25, 0.3) is 11.1 Å². The van der Waals surface area contributed by atoms with Crippen molar-refractivity contribution in [3.05, 3.63) is 85.0 Å². The number of hydrogen-bond donors (Lipinski definition) is 1. The molecule has 2 aliphatic rings. The van der Waals surface area contributed by atoms with Crippen LogP contribution in [0.5, 0.6) is 0 Å². The first kappa shape index (κ1) is 18.4. The van der Waals surface area contributed by atoms with Crippen LogP contribution in [0.15, 0.2) is 73.8 Å². The number of rotatable bonds is 3. The molecule has 4 rings (SSSR count). The Morgan fingerprint density at radius 1 is 0.880 bits per heavy atom. The predicted octanol–water partition coefficient (Wildman–Crippen LogP) is 6.42. The van der Waals surface area contributed by atoms with Gasteiger partial charge in [-0.3, -0.25) is 0 Å². The zero-order valence-electron chi connectivity index (χ0n) is 15.7. The fourth-order valence-electron chi connectivity index (χ4n) is 4.12. The van der Waals surface area contributed by atoms with Crippen molar-refractivity contribution in [2.45, 2.75) is 40.0 Å². The van der Waals surface area contributed by atoms with E-state index in [1.54, 1.807) is 23.3 Å². The molecule has 0 spiro atoms. The summed E-state index contributed by atoms with van der Waals surface area (Å²) >= 11 is -1.99. The molecule has 25 heavy (non-hydrogen) atoms. The first-order chi connectivity index (χ1) is 11.9. The first-order valence-corrected chi connectivity index (χ1v) is 13.0. The maximum atomic E-state index is 4.12. The van der Waals surface area contributed by atoms with E-state index in [1.807, 2.05) is 0 Å². The van der Waals surface area contributed by atoms with Gasteiger partial charge in [0.05, 0.1) is 0 Å². The van der Waals surface area contributed by atoms with Crippen molar-refractivity contribution in [3.63, 3.8) is 0 Å². The molecule has 1 heterocycles. The summed E-state index contributed by atoms with van der Waals surface area (Å²) in [6.07, 6.45) is 3.28. The van der Waals surface area contributed by atoms with E-state index in [9.17, 15) is 0 Å². The van der Waals surface area contributed by atoms with Gasteiger partial charge in [-0.05, 0) is 0 Å². The molecular formula is C23H29NTi. The van der Waals surface area contributed by atoms with Crippen LogP contribution in [-0.4, -0.2) is 5.54 Å². The summed E-state index contributed by atoms with van der Waals surface area (Å²) in [5, 5.41) is 0. The fourth-order valence-corrected chi connectivity index (χ4v) is 12.8. The Morgan fingerprint density at radius 2 is 1.32 bits per heavy atom. The van der Waals surface area contributed by atoms with Crippen LogP contribution in [0, 0.1) is 0 Å². The molecule has 0 atom stereocenters. The molecule has 2 heteroatoms. The quantitative estimate of drug-likeness (QED) is 0.487. The van der Waals surface area contributed by atoms with Gasteiger partial charge in [0.2, 0.25) is 0 Å². The molecule has 0 saturated carbocycles. The van der Waals surface area contributed by atoms with Crippen LogP contribution in [0.3, 0.4) is 0 Å². The van der Waals surface area contributed by atoms with Crippen LogP contribution in [0.2, 0.25) is 9.45 Å². The Hall–Kier alpha value is -1.41. The van der Waals surface area contributed by atoms with Gasteiger partial charge in [0.1, 0.15) is 0 Å². The van der Waals surface area contributed by atoms with E-state index in [1.165, 1.54) is 20.6 Å². The second-order valence-corrected chi connectivity index (χ2v) is 14.6. The molecule has 2 aromatic carbocycles. The fraction of sp³-hybridized carbons (Fsp3) is 0.304. The second kappa shape index (κ2) is 7.07. The Kier molecular flexibility index (Phi) is 5.20. The van der Waals surface area contributed by atoms with E-state index >= 15 is 0 Å². The van der Waals surface area contributed by atoms with Crippen molar-refractivity contribution in [1.82, 2.24) is 3.80 Å². The zero-order valence-corrected chi connectivity index (χ0v) is 17.2. The minimum atomic E-state index is -1.99. The van der Waals surface area contributed by atoms with Crippen molar-refractivity contribution in [1.29, 1.82) is 0 Å². The Labute approximate surface area is 156 Å². The maximum absolute atomic E-state index is 4.12. The average Bonchev–Trinajstić information content (AvgIpc) is 3.25.